The van der Waals surface area contributed by atoms with Crippen LogP contribution in [0.2, 0.25) is 0 Å². The third-order valence-corrected chi connectivity index (χ3v) is 4.47. The zero-order valence-electron chi connectivity index (χ0n) is 16.2. The van der Waals surface area contributed by atoms with E-state index in [0.717, 1.165) is 38.9 Å². The molecule has 1 N–H and O–H groups in total. The van der Waals surface area contributed by atoms with Crippen molar-refractivity contribution in [2.45, 2.75) is 84.5 Å². The van der Waals surface area contributed by atoms with Crippen LogP contribution in [0.5, 0.6) is 0 Å². The zero-order chi connectivity index (χ0) is 17.6. The molecule has 0 aliphatic carbocycles. The predicted octanol–water partition coefficient (Wildman–Crippen LogP) is 3.09. The van der Waals surface area contributed by atoms with E-state index in [1.165, 1.54) is 0 Å². The van der Waals surface area contributed by atoms with Gasteiger partial charge in [-0.25, -0.2) is 4.79 Å². The molecule has 0 spiro atoms. The van der Waals surface area contributed by atoms with Crippen molar-refractivity contribution in [3.8, 4) is 0 Å². The molecule has 0 bridgehead atoms. The van der Waals surface area contributed by atoms with Crippen molar-refractivity contribution in [3.63, 3.8) is 0 Å². The summed E-state index contributed by atoms with van der Waals surface area (Å²) in [7, 11) is 2.15. The van der Waals surface area contributed by atoms with Gasteiger partial charge in [-0.1, -0.05) is 0 Å². The zero-order valence-corrected chi connectivity index (χ0v) is 16.2. The van der Waals surface area contributed by atoms with E-state index in [4.69, 9.17) is 4.74 Å². The fraction of sp³-hybridized carbons (Fsp3) is 0.944. The molecule has 2 unspecified atom stereocenters. The van der Waals surface area contributed by atoms with Gasteiger partial charge < -0.3 is 19.9 Å². The Hall–Kier alpha value is -0.810. The van der Waals surface area contributed by atoms with Crippen LogP contribution in [0.1, 0.15) is 60.8 Å². The molecule has 5 heteroatoms. The average molecular weight is 328 g/mol. The molecule has 1 aliphatic rings. The van der Waals surface area contributed by atoms with E-state index < -0.39 is 5.60 Å². The highest BCUT2D eigenvalue weighted by atomic mass is 16.6. The van der Waals surface area contributed by atoms with Gasteiger partial charge in [-0.05, 0) is 67.9 Å². The van der Waals surface area contributed by atoms with Crippen LogP contribution in [0.3, 0.4) is 0 Å². The molecule has 0 aromatic carbocycles. The van der Waals surface area contributed by atoms with Gasteiger partial charge in [-0.15, -0.1) is 0 Å². The second-order valence-corrected chi connectivity index (χ2v) is 8.14. The molecule has 0 radical (unpaired) electrons. The number of nitrogens with zero attached hydrogens (tertiary/aromatic N) is 2. The Bertz CT molecular complexity index is 366. The number of rotatable bonds is 7. The number of hydrogen-bond acceptors (Lipinski definition) is 4. The molecular formula is C18H37N3O2. The number of carbonyl (C=O) groups is 1. The van der Waals surface area contributed by atoms with Crippen molar-refractivity contribution in [3.05, 3.63) is 0 Å². The van der Waals surface area contributed by atoms with Crippen molar-refractivity contribution >= 4 is 6.09 Å². The Morgan fingerprint density at radius 3 is 2.57 bits per heavy atom. The predicted molar refractivity (Wildman–Crippen MR) is 95.8 cm³/mol. The quantitative estimate of drug-likeness (QED) is 0.780. The summed E-state index contributed by atoms with van der Waals surface area (Å²) >= 11 is 0. The molecule has 5 nitrogen and oxygen atoms in total. The van der Waals surface area contributed by atoms with E-state index in [1.807, 2.05) is 25.7 Å². The smallest absolute Gasteiger partial charge is 0.410 e. The minimum atomic E-state index is -0.421. The lowest BCUT2D eigenvalue weighted by molar-refractivity contribution is 0.0214. The third kappa shape index (κ3) is 7.53. The van der Waals surface area contributed by atoms with Gasteiger partial charge in [0.15, 0.2) is 0 Å². The van der Waals surface area contributed by atoms with Crippen molar-refractivity contribution in [2.75, 3.05) is 26.7 Å². The van der Waals surface area contributed by atoms with Crippen LogP contribution in [0.15, 0.2) is 0 Å². The first-order valence-electron chi connectivity index (χ1n) is 9.03. The highest BCUT2D eigenvalue weighted by molar-refractivity contribution is 5.68. The molecular weight excluding hydrogens is 290 g/mol. The summed E-state index contributed by atoms with van der Waals surface area (Å²) in [4.78, 5) is 16.6. The lowest BCUT2D eigenvalue weighted by atomic mass is 10.1. The maximum atomic E-state index is 12.3. The van der Waals surface area contributed by atoms with E-state index >= 15 is 0 Å². The van der Waals surface area contributed by atoms with Crippen molar-refractivity contribution in [1.82, 2.24) is 15.1 Å². The molecule has 0 aromatic rings. The number of likely N-dealkylation sites (N-methyl/N-ethyl adjacent to an activating group) is 1. The largest absolute Gasteiger partial charge is 0.444 e. The summed E-state index contributed by atoms with van der Waals surface area (Å²) in [5, 5.41) is 3.58. The summed E-state index contributed by atoms with van der Waals surface area (Å²) in [5.74, 6) is 0. The van der Waals surface area contributed by atoms with E-state index in [2.05, 4.69) is 38.0 Å². The van der Waals surface area contributed by atoms with Gasteiger partial charge >= 0.3 is 6.09 Å². The fourth-order valence-electron chi connectivity index (χ4n) is 2.88. The molecule has 1 fully saturated rings. The molecule has 1 rings (SSSR count). The summed E-state index contributed by atoms with van der Waals surface area (Å²) in [6.45, 7) is 15.2. The Kier molecular flexibility index (Phi) is 7.81. The molecule has 23 heavy (non-hydrogen) atoms. The first-order chi connectivity index (χ1) is 10.6. The van der Waals surface area contributed by atoms with Gasteiger partial charge in [0.25, 0.3) is 0 Å². The normalized spacial score (nSPS) is 20.4. The SMILES string of the molecule is CC(CC1CCCN1C(=O)OC(C)(C)C)NCCN(C)C(C)C. The Labute approximate surface area is 142 Å². The summed E-state index contributed by atoms with van der Waals surface area (Å²) in [6, 6.07) is 1.28. The summed E-state index contributed by atoms with van der Waals surface area (Å²) in [6.07, 6.45) is 2.99. The van der Waals surface area contributed by atoms with E-state index in [-0.39, 0.29) is 6.09 Å². The molecule has 1 heterocycles. The topological polar surface area (TPSA) is 44.8 Å². The monoisotopic (exact) mass is 327 g/mol. The number of hydrogen-bond donors (Lipinski definition) is 1. The van der Waals surface area contributed by atoms with Gasteiger partial charge in [0.05, 0.1) is 0 Å². The highest BCUT2D eigenvalue weighted by Crippen LogP contribution is 2.24. The van der Waals surface area contributed by atoms with Crippen LogP contribution < -0.4 is 5.32 Å². The van der Waals surface area contributed by atoms with Gasteiger partial charge in [-0.3, -0.25) is 0 Å². The van der Waals surface area contributed by atoms with Crippen LogP contribution >= 0.6 is 0 Å². The van der Waals surface area contributed by atoms with Crippen LogP contribution in [0.4, 0.5) is 4.79 Å². The molecule has 136 valence electrons. The summed E-state index contributed by atoms with van der Waals surface area (Å²) < 4.78 is 5.53. The number of ether oxygens (including phenoxy) is 1. The van der Waals surface area contributed by atoms with Crippen molar-refractivity contribution < 1.29 is 9.53 Å². The molecule has 1 aliphatic heterocycles. The van der Waals surface area contributed by atoms with Gasteiger partial charge in [0, 0.05) is 37.8 Å². The number of likely N-dealkylation sites (tertiary alicyclic amines) is 1. The Morgan fingerprint density at radius 1 is 1.35 bits per heavy atom. The van der Waals surface area contributed by atoms with Gasteiger partial charge in [0.2, 0.25) is 0 Å². The van der Waals surface area contributed by atoms with Crippen LogP contribution in [0.25, 0.3) is 0 Å². The number of amides is 1. The van der Waals surface area contributed by atoms with Crippen molar-refractivity contribution in [1.29, 1.82) is 0 Å². The molecule has 0 saturated carbocycles. The van der Waals surface area contributed by atoms with E-state index in [1.54, 1.807) is 0 Å². The highest BCUT2D eigenvalue weighted by Gasteiger charge is 2.32. The number of carbonyl (C=O) groups excluding carboxylic acids is 1. The Balaban J connectivity index is 2.38. The fourth-order valence-corrected chi connectivity index (χ4v) is 2.88. The second kappa shape index (κ2) is 8.88. The van der Waals surface area contributed by atoms with E-state index in [9.17, 15) is 4.79 Å². The third-order valence-electron chi connectivity index (χ3n) is 4.47. The molecule has 0 aromatic heterocycles. The minimum Gasteiger partial charge on any atom is -0.444 e. The first-order valence-corrected chi connectivity index (χ1v) is 9.03. The van der Waals surface area contributed by atoms with E-state index in [0.29, 0.717) is 18.1 Å². The van der Waals surface area contributed by atoms with Crippen LogP contribution in [0, 0.1) is 0 Å². The summed E-state index contributed by atoms with van der Waals surface area (Å²) in [5.41, 5.74) is -0.421. The second-order valence-electron chi connectivity index (χ2n) is 8.14. The maximum absolute atomic E-state index is 12.3. The van der Waals surface area contributed by atoms with Crippen LogP contribution in [-0.4, -0.2) is 66.3 Å². The average Bonchev–Trinajstić information content (AvgIpc) is 2.84. The lowest BCUT2D eigenvalue weighted by Gasteiger charge is -2.30. The minimum absolute atomic E-state index is 0.160. The molecule has 2 atom stereocenters. The first kappa shape index (κ1) is 20.2. The van der Waals surface area contributed by atoms with Crippen LogP contribution in [-0.2, 0) is 4.74 Å². The Morgan fingerprint density at radius 2 is 2.00 bits per heavy atom. The lowest BCUT2D eigenvalue weighted by Crippen LogP contribution is -2.43. The molecule has 1 amide bonds. The van der Waals surface area contributed by atoms with Crippen molar-refractivity contribution in [2.24, 2.45) is 0 Å². The standard InChI is InChI=1S/C18H37N3O2/c1-14(2)20(7)12-10-19-15(3)13-16-9-8-11-21(16)17(22)23-18(4,5)6/h14-16,19H,8-13H2,1-7H3. The van der Waals surface area contributed by atoms with Gasteiger partial charge in [0.1, 0.15) is 5.60 Å². The van der Waals surface area contributed by atoms with Gasteiger partial charge in [-0.2, -0.15) is 0 Å². The maximum Gasteiger partial charge on any atom is 0.410 e. The number of nitrogens with one attached hydrogen (secondary N) is 1. The molecule has 1 saturated heterocycles.